The summed E-state index contributed by atoms with van der Waals surface area (Å²) in [5.74, 6) is -0.234. The molecule has 0 spiro atoms. The molecule has 1 aromatic carbocycles. The number of aromatic amines is 1. The summed E-state index contributed by atoms with van der Waals surface area (Å²) >= 11 is 10.7. The minimum atomic E-state index is -4.67. The van der Waals surface area contributed by atoms with Crippen molar-refractivity contribution in [1.82, 2.24) is 20.1 Å². The molecule has 1 aromatic heterocycles. The van der Waals surface area contributed by atoms with Crippen LogP contribution in [0, 0.1) is 11.7 Å². The minimum Gasteiger partial charge on any atom is -0.351 e. The maximum atomic E-state index is 13.2. The Labute approximate surface area is 151 Å². The van der Waals surface area contributed by atoms with E-state index in [0.29, 0.717) is 28.2 Å². The fraction of sp³-hybridized carbons (Fsp3) is 0.267. The van der Waals surface area contributed by atoms with Crippen LogP contribution in [0.1, 0.15) is 11.4 Å². The van der Waals surface area contributed by atoms with E-state index in [9.17, 15) is 18.0 Å². The van der Waals surface area contributed by atoms with E-state index in [1.807, 2.05) is 0 Å². The van der Waals surface area contributed by atoms with Crippen molar-refractivity contribution in [2.24, 2.45) is 0 Å². The Morgan fingerprint density at radius 3 is 2.56 bits per heavy atom. The number of hydrogen-bond donors (Lipinski definition) is 2. The summed E-state index contributed by atoms with van der Waals surface area (Å²) in [6.07, 6.45) is -4.14. The number of hydrogen-bond acceptors (Lipinski definition) is 3. The minimum absolute atomic E-state index is 0.107. The molecule has 0 saturated carbocycles. The predicted octanol–water partition coefficient (Wildman–Crippen LogP) is 3.66. The number of amides is 1. The molecule has 0 aliphatic heterocycles. The van der Waals surface area contributed by atoms with Crippen LogP contribution >= 0.6 is 23.8 Å². The Balaban J connectivity index is 2.09. The van der Waals surface area contributed by atoms with Crippen molar-refractivity contribution in [1.29, 1.82) is 0 Å². The molecule has 0 radical (unpaired) electrons. The first-order valence-corrected chi connectivity index (χ1v) is 7.91. The third-order valence-corrected chi connectivity index (χ3v) is 3.88. The lowest BCUT2D eigenvalue weighted by Gasteiger charge is -2.12. The van der Waals surface area contributed by atoms with E-state index in [1.165, 1.54) is 24.3 Å². The SMILES string of the molecule is Cc1n[nH]c(=S)n1CCNC(=O)/C=C(/c1ccc(Cl)cc1)C(F)(F)F. The van der Waals surface area contributed by atoms with Gasteiger partial charge in [0.05, 0.1) is 5.57 Å². The van der Waals surface area contributed by atoms with Gasteiger partial charge in [-0.3, -0.25) is 9.89 Å². The van der Waals surface area contributed by atoms with Crippen molar-refractivity contribution in [3.63, 3.8) is 0 Å². The monoisotopic (exact) mass is 390 g/mol. The second-order valence-corrected chi connectivity index (χ2v) is 5.90. The molecule has 1 amide bonds. The van der Waals surface area contributed by atoms with Crippen molar-refractivity contribution in [3.8, 4) is 0 Å². The fourth-order valence-corrected chi connectivity index (χ4v) is 2.49. The number of benzene rings is 1. The van der Waals surface area contributed by atoms with Crippen LogP contribution in [-0.2, 0) is 11.3 Å². The number of nitrogens with one attached hydrogen (secondary N) is 2. The molecule has 10 heteroatoms. The van der Waals surface area contributed by atoms with Gasteiger partial charge in [-0.15, -0.1) is 0 Å². The summed E-state index contributed by atoms with van der Waals surface area (Å²) in [6.45, 7) is 2.12. The maximum Gasteiger partial charge on any atom is 0.417 e. The lowest BCUT2D eigenvalue weighted by molar-refractivity contribution is -0.117. The summed E-state index contributed by atoms with van der Waals surface area (Å²) < 4.78 is 41.6. The smallest absolute Gasteiger partial charge is 0.351 e. The molecule has 25 heavy (non-hydrogen) atoms. The van der Waals surface area contributed by atoms with Gasteiger partial charge in [-0.1, -0.05) is 23.7 Å². The van der Waals surface area contributed by atoms with E-state index in [1.54, 1.807) is 11.5 Å². The van der Waals surface area contributed by atoms with Crippen LogP contribution in [0.5, 0.6) is 0 Å². The number of alkyl halides is 3. The summed E-state index contributed by atoms with van der Waals surface area (Å²) in [6, 6.07) is 5.09. The van der Waals surface area contributed by atoms with Crippen molar-refractivity contribution >= 4 is 35.3 Å². The van der Waals surface area contributed by atoms with Crippen LogP contribution in [-0.4, -0.2) is 33.4 Å². The Hall–Kier alpha value is -2.13. The van der Waals surface area contributed by atoms with Crippen molar-refractivity contribution < 1.29 is 18.0 Å². The van der Waals surface area contributed by atoms with Gasteiger partial charge in [-0.05, 0) is 36.8 Å². The molecule has 0 bridgehead atoms. The third kappa shape index (κ3) is 5.17. The third-order valence-electron chi connectivity index (χ3n) is 3.32. The van der Waals surface area contributed by atoms with Crippen LogP contribution in [0.4, 0.5) is 13.2 Å². The Bertz CT molecular complexity index is 840. The molecular weight excluding hydrogens is 377 g/mol. The number of carbonyl (C=O) groups is 1. The number of nitrogens with zero attached hydrogens (tertiary/aromatic N) is 2. The zero-order chi connectivity index (χ0) is 18.6. The van der Waals surface area contributed by atoms with Gasteiger partial charge >= 0.3 is 6.18 Å². The molecule has 0 atom stereocenters. The van der Waals surface area contributed by atoms with Gasteiger partial charge in [-0.2, -0.15) is 18.3 Å². The highest BCUT2D eigenvalue weighted by atomic mass is 35.5. The zero-order valence-electron chi connectivity index (χ0n) is 13.0. The van der Waals surface area contributed by atoms with Gasteiger partial charge in [0.25, 0.3) is 0 Å². The summed E-state index contributed by atoms with van der Waals surface area (Å²) in [5, 5.41) is 9.20. The highest BCUT2D eigenvalue weighted by Crippen LogP contribution is 2.34. The van der Waals surface area contributed by atoms with Crippen molar-refractivity contribution in [3.05, 3.63) is 51.5 Å². The number of aromatic nitrogens is 3. The predicted molar refractivity (Wildman–Crippen MR) is 90.6 cm³/mol. The molecule has 0 saturated heterocycles. The Kier molecular flexibility index (Phi) is 6.02. The highest BCUT2D eigenvalue weighted by molar-refractivity contribution is 7.71. The Morgan fingerprint density at radius 1 is 1.40 bits per heavy atom. The quantitative estimate of drug-likeness (QED) is 0.605. The van der Waals surface area contributed by atoms with Gasteiger partial charge in [0.15, 0.2) is 4.77 Å². The van der Waals surface area contributed by atoms with Gasteiger partial charge in [0, 0.05) is 24.2 Å². The lowest BCUT2D eigenvalue weighted by Crippen LogP contribution is -2.27. The summed E-state index contributed by atoms with van der Waals surface area (Å²) in [5.41, 5.74) is -1.18. The number of carbonyl (C=O) groups excluding carboxylic acids is 1. The fourth-order valence-electron chi connectivity index (χ4n) is 2.09. The molecule has 2 N–H and O–H groups in total. The van der Waals surface area contributed by atoms with E-state index in [2.05, 4.69) is 15.5 Å². The first kappa shape index (κ1) is 19.2. The van der Waals surface area contributed by atoms with Crippen LogP contribution in [0.3, 0.4) is 0 Å². The van der Waals surface area contributed by atoms with E-state index in [0.717, 1.165) is 0 Å². The molecule has 2 rings (SSSR count). The zero-order valence-corrected chi connectivity index (χ0v) is 14.6. The average Bonchev–Trinajstić information content (AvgIpc) is 2.84. The molecule has 0 fully saturated rings. The largest absolute Gasteiger partial charge is 0.417 e. The molecule has 0 aliphatic rings. The highest BCUT2D eigenvalue weighted by Gasteiger charge is 2.35. The molecule has 0 aliphatic carbocycles. The lowest BCUT2D eigenvalue weighted by atomic mass is 10.1. The first-order valence-electron chi connectivity index (χ1n) is 7.13. The topological polar surface area (TPSA) is 62.7 Å². The number of halogens is 4. The molecule has 134 valence electrons. The average molecular weight is 391 g/mol. The normalized spacial score (nSPS) is 12.3. The number of aryl methyl sites for hydroxylation is 1. The van der Waals surface area contributed by atoms with E-state index < -0.39 is 17.7 Å². The molecule has 2 aromatic rings. The molecular formula is C15H14ClF3N4OS. The van der Waals surface area contributed by atoms with E-state index >= 15 is 0 Å². The van der Waals surface area contributed by atoms with Crippen LogP contribution in [0.2, 0.25) is 5.02 Å². The number of allylic oxidation sites excluding steroid dienone is 1. The van der Waals surface area contributed by atoms with Gasteiger partial charge in [-0.25, -0.2) is 0 Å². The number of rotatable bonds is 5. The maximum absolute atomic E-state index is 13.2. The first-order chi connectivity index (χ1) is 11.7. The van der Waals surface area contributed by atoms with E-state index in [-0.39, 0.29) is 12.1 Å². The van der Waals surface area contributed by atoms with Crippen LogP contribution in [0.25, 0.3) is 5.57 Å². The summed E-state index contributed by atoms with van der Waals surface area (Å²) in [4.78, 5) is 11.9. The molecule has 1 heterocycles. The number of H-pyrrole nitrogens is 1. The van der Waals surface area contributed by atoms with Gasteiger partial charge in [0.2, 0.25) is 5.91 Å². The van der Waals surface area contributed by atoms with Crippen LogP contribution in [0.15, 0.2) is 30.3 Å². The second kappa shape index (κ2) is 7.83. The Morgan fingerprint density at radius 2 is 2.04 bits per heavy atom. The summed E-state index contributed by atoms with van der Waals surface area (Å²) in [7, 11) is 0. The van der Waals surface area contributed by atoms with E-state index in [4.69, 9.17) is 23.8 Å². The van der Waals surface area contributed by atoms with Gasteiger partial charge < -0.3 is 9.88 Å². The molecule has 0 unspecified atom stereocenters. The van der Waals surface area contributed by atoms with Crippen LogP contribution < -0.4 is 5.32 Å². The second-order valence-electron chi connectivity index (χ2n) is 5.08. The molecule has 5 nitrogen and oxygen atoms in total. The standard InChI is InChI=1S/C15H14ClF3N4OS/c1-9-21-22-14(25)23(9)7-6-20-13(24)8-12(15(17,18)19)10-2-4-11(16)5-3-10/h2-5,8H,6-7H2,1H3,(H,20,24)(H,22,25)/b12-8-. The van der Waals surface area contributed by atoms with Gasteiger partial charge in [0.1, 0.15) is 5.82 Å². The van der Waals surface area contributed by atoms with Crippen molar-refractivity contribution in [2.75, 3.05) is 6.54 Å². The van der Waals surface area contributed by atoms with Crippen molar-refractivity contribution in [2.45, 2.75) is 19.6 Å².